The van der Waals surface area contributed by atoms with Crippen molar-refractivity contribution < 1.29 is 9.18 Å². The second kappa shape index (κ2) is 4.62. The maximum atomic E-state index is 13.5. The van der Waals surface area contributed by atoms with Gasteiger partial charge in [0.2, 0.25) is 0 Å². The van der Waals surface area contributed by atoms with Gasteiger partial charge >= 0.3 is 0 Å². The van der Waals surface area contributed by atoms with E-state index in [1.807, 2.05) is 36.9 Å². The third-order valence-corrected chi connectivity index (χ3v) is 4.66. The number of carbonyl (C=O) groups is 1. The number of aryl methyl sites for hydroxylation is 2. The Morgan fingerprint density at radius 2 is 1.79 bits per heavy atom. The van der Waals surface area contributed by atoms with Gasteiger partial charge in [0.1, 0.15) is 6.17 Å². The van der Waals surface area contributed by atoms with Gasteiger partial charge in [0.05, 0.1) is 0 Å². The number of carbonyl (C=O) groups excluding carboxylic acids is 1. The molecule has 2 fully saturated rings. The molecule has 0 saturated carbocycles. The predicted molar refractivity (Wildman–Crippen MR) is 73.0 cm³/mol. The zero-order chi connectivity index (χ0) is 13.6. The van der Waals surface area contributed by atoms with E-state index in [1.54, 1.807) is 0 Å². The van der Waals surface area contributed by atoms with Crippen molar-refractivity contribution in [2.75, 3.05) is 0 Å². The van der Waals surface area contributed by atoms with Gasteiger partial charge in [-0.05, 0) is 62.8 Å². The third-order valence-electron chi connectivity index (χ3n) is 4.66. The van der Waals surface area contributed by atoms with Crippen LogP contribution in [0.25, 0.3) is 0 Å². The summed E-state index contributed by atoms with van der Waals surface area (Å²) in [5.74, 6) is 0.0856. The number of hydrogen-bond acceptors (Lipinski definition) is 1. The number of hydrogen-bond donors (Lipinski definition) is 0. The van der Waals surface area contributed by atoms with Crippen molar-refractivity contribution in [3.63, 3.8) is 0 Å². The molecule has 0 spiro atoms. The minimum atomic E-state index is -0.721. The van der Waals surface area contributed by atoms with E-state index >= 15 is 0 Å². The van der Waals surface area contributed by atoms with Crippen molar-refractivity contribution in [3.05, 3.63) is 34.9 Å². The van der Waals surface area contributed by atoms with Crippen molar-refractivity contribution >= 4 is 5.91 Å². The summed E-state index contributed by atoms with van der Waals surface area (Å²) in [6.45, 7) is 4.07. The molecule has 0 N–H and O–H groups in total. The first-order valence-corrected chi connectivity index (χ1v) is 7.10. The van der Waals surface area contributed by atoms with Crippen LogP contribution < -0.4 is 0 Å². The monoisotopic (exact) mass is 261 g/mol. The molecule has 2 atom stereocenters. The lowest BCUT2D eigenvalue weighted by Gasteiger charge is -2.36. The number of nitrogens with zero attached hydrogens (tertiary/aromatic N) is 1. The van der Waals surface area contributed by atoms with Gasteiger partial charge in [-0.2, -0.15) is 0 Å². The number of alkyl halides is 1. The minimum Gasteiger partial charge on any atom is -0.332 e. The van der Waals surface area contributed by atoms with Crippen molar-refractivity contribution in [1.82, 2.24) is 4.90 Å². The van der Waals surface area contributed by atoms with Gasteiger partial charge in [-0.15, -0.1) is 0 Å². The molecule has 3 heteroatoms. The fourth-order valence-corrected chi connectivity index (χ4v) is 3.47. The van der Waals surface area contributed by atoms with E-state index in [1.165, 1.54) is 5.56 Å². The topological polar surface area (TPSA) is 20.3 Å². The van der Waals surface area contributed by atoms with Crippen molar-refractivity contribution in [2.24, 2.45) is 0 Å². The second-order valence-electron chi connectivity index (χ2n) is 5.97. The van der Waals surface area contributed by atoms with Gasteiger partial charge < -0.3 is 4.90 Å². The summed E-state index contributed by atoms with van der Waals surface area (Å²) in [5.41, 5.74) is 3.08. The second-order valence-corrected chi connectivity index (χ2v) is 5.97. The molecule has 0 radical (unpaired) electrons. The number of benzene rings is 1. The van der Waals surface area contributed by atoms with Gasteiger partial charge in [-0.3, -0.25) is 4.79 Å². The van der Waals surface area contributed by atoms with Gasteiger partial charge in [0.25, 0.3) is 5.91 Å². The SMILES string of the molecule is Cc1ccc(C(=O)N2C3CCC2CC(F)C3)cc1C. The van der Waals surface area contributed by atoms with Crippen LogP contribution in [0.15, 0.2) is 18.2 Å². The summed E-state index contributed by atoms with van der Waals surface area (Å²) in [6, 6.07) is 6.07. The van der Waals surface area contributed by atoms with E-state index in [9.17, 15) is 9.18 Å². The fourth-order valence-electron chi connectivity index (χ4n) is 3.47. The lowest BCUT2D eigenvalue weighted by molar-refractivity contribution is 0.0479. The van der Waals surface area contributed by atoms with Crippen molar-refractivity contribution in [1.29, 1.82) is 0 Å². The largest absolute Gasteiger partial charge is 0.332 e. The number of halogens is 1. The van der Waals surface area contributed by atoms with Crippen LogP contribution in [0.2, 0.25) is 0 Å². The van der Waals surface area contributed by atoms with Crippen LogP contribution in [0, 0.1) is 13.8 Å². The molecule has 102 valence electrons. The Kier molecular flexibility index (Phi) is 3.08. The first-order chi connectivity index (χ1) is 9.06. The van der Waals surface area contributed by atoms with E-state index in [-0.39, 0.29) is 18.0 Å². The summed E-state index contributed by atoms with van der Waals surface area (Å²) in [4.78, 5) is 14.6. The lowest BCUT2D eigenvalue weighted by atomic mass is 9.98. The van der Waals surface area contributed by atoms with E-state index in [4.69, 9.17) is 0 Å². The minimum absolute atomic E-state index is 0.0856. The van der Waals surface area contributed by atoms with Crippen molar-refractivity contribution in [3.8, 4) is 0 Å². The molecule has 2 aliphatic heterocycles. The molecule has 19 heavy (non-hydrogen) atoms. The third kappa shape index (κ3) is 2.15. The zero-order valence-electron chi connectivity index (χ0n) is 11.5. The number of fused-ring (bicyclic) bond motifs is 2. The van der Waals surface area contributed by atoms with Crippen molar-refractivity contribution in [2.45, 2.75) is 57.8 Å². The molecule has 3 rings (SSSR count). The van der Waals surface area contributed by atoms with E-state index in [2.05, 4.69) is 0 Å². The maximum absolute atomic E-state index is 13.5. The molecule has 2 saturated heterocycles. The number of amides is 1. The summed E-state index contributed by atoms with van der Waals surface area (Å²) < 4.78 is 13.5. The summed E-state index contributed by atoms with van der Waals surface area (Å²) in [7, 11) is 0. The average molecular weight is 261 g/mol. The van der Waals surface area contributed by atoms with Gasteiger partial charge in [0, 0.05) is 17.6 Å². The van der Waals surface area contributed by atoms with Crippen LogP contribution in [-0.4, -0.2) is 29.1 Å². The Morgan fingerprint density at radius 1 is 1.16 bits per heavy atom. The van der Waals surface area contributed by atoms with Gasteiger partial charge in [-0.1, -0.05) is 6.07 Å². The van der Waals surface area contributed by atoms with E-state index in [0.29, 0.717) is 12.8 Å². The lowest BCUT2D eigenvalue weighted by Crippen LogP contribution is -2.47. The van der Waals surface area contributed by atoms with Crippen LogP contribution in [0.4, 0.5) is 4.39 Å². The normalized spacial score (nSPS) is 29.6. The summed E-state index contributed by atoms with van der Waals surface area (Å²) in [5, 5.41) is 0. The number of piperidine rings is 1. The van der Waals surface area contributed by atoms with Crippen LogP contribution in [0.1, 0.15) is 47.2 Å². The molecule has 2 unspecified atom stereocenters. The molecule has 1 aromatic rings. The molecule has 2 bridgehead atoms. The first kappa shape index (κ1) is 12.6. The molecule has 2 nitrogen and oxygen atoms in total. The van der Waals surface area contributed by atoms with Crippen LogP contribution >= 0.6 is 0 Å². The Balaban J connectivity index is 1.86. The molecule has 1 amide bonds. The summed E-state index contributed by atoms with van der Waals surface area (Å²) in [6.07, 6.45) is 2.24. The Bertz CT molecular complexity index is 499. The highest BCUT2D eigenvalue weighted by Crippen LogP contribution is 2.37. The smallest absolute Gasteiger partial charge is 0.254 e. The maximum Gasteiger partial charge on any atom is 0.254 e. The first-order valence-electron chi connectivity index (χ1n) is 7.10. The fraction of sp³-hybridized carbons (Fsp3) is 0.562. The van der Waals surface area contributed by atoms with Crippen LogP contribution in [0.5, 0.6) is 0 Å². The molecule has 0 aliphatic carbocycles. The highest BCUT2D eigenvalue weighted by Gasteiger charge is 2.43. The van der Waals surface area contributed by atoms with Gasteiger partial charge in [0.15, 0.2) is 0 Å². The molecular formula is C16H20FNO. The highest BCUT2D eigenvalue weighted by molar-refractivity contribution is 5.95. The standard InChI is InChI=1S/C16H20FNO/c1-10-3-4-12(7-11(10)2)16(19)18-14-5-6-15(18)9-13(17)8-14/h3-4,7,13-15H,5-6,8-9H2,1-2H3. The summed E-state index contributed by atoms with van der Waals surface area (Å²) >= 11 is 0. The quantitative estimate of drug-likeness (QED) is 0.758. The molecule has 2 aliphatic rings. The Hall–Kier alpha value is -1.38. The van der Waals surface area contributed by atoms with Crippen LogP contribution in [-0.2, 0) is 0 Å². The van der Waals surface area contributed by atoms with Crippen LogP contribution in [0.3, 0.4) is 0 Å². The van der Waals surface area contributed by atoms with Gasteiger partial charge in [-0.25, -0.2) is 4.39 Å². The number of rotatable bonds is 1. The highest BCUT2D eigenvalue weighted by atomic mass is 19.1. The predicted octanol–water partition coefficient (Wildman–Crippen LogP) is 3.41. The van der Waals surface area contributed by atoms with E-state index in [0.717, 1.165) is 24.0 Å². The molecular weight excluding hydrogens is 241 g/mol. The molecule has 0 aromatic heterocycles. The zero-order valence-corrected chi connectivity index (χ0v) is 11.5. The molecule has 1 aromatic carbocycles. The Labute approximate surface area is 113 Å². The Morgan fingerprint density at radius 3 is 2.37 bits per heavy atom. The average Bonchev–Trinajstić information content (AvgIpc) is 2.64. The van der Waals surface area contributed by atoms with E-state index < -0.39 is 6.17 Å². The molecule has 2 heterocycles.